The SMILES string of the molecule is CNCc1cc(-c2ccccc2C)n[nH]1. The second-order valence-electron chi connectivity index (χ2n) is 3.62. The van der Waals surface area contributed by atoms with Crippen LogP contribution >= 0.6 is 0 Å². The van der Waals surface area contributed by atoms with Crippen molar-refractivity contribution in [2.75, 3.05) is 7.05 Å². The predicted octanol–water partition coefficient (Wildman–Crippen LogP) is 2.10. The van der Waals surface area contributed by atoms with Gasteiger partial charge in [-0.25, -0.2) is 0 Å². The number of hydrogen-bond acceptors (Lipinski definition) is 2. The van der Waals surface area contributed by atoms with Gasteiger partial charge in [0.1, 0.15) is 0 Å². The number of aromatic nitrogens is 2. The van der Waals surface area contributed by atoms with Crippen molar-refractivity contribution in [1.29, 1.82) is 0 Å². The molecule has 3 heteroatoms. The summed E-state index contributed by atoms with van der Waals surface area (Å²) in [6.45, 7) is 2.92. The zero-order valence-electron chi connectivity index (χ0n) is 9.04. The molecule has 0 spiro atoms. The Bertz CT molecular complexity index is 446. The summed E-state index contributed by atoms with van der Waals surface area (Å²) in [6, 6.07) is 10.4. The molecule has 0 fully saturated rings. The molecule has 0 atom stereocenters. The van der Waals surface area contributed by atoms with Gasteiger partial charge in [0.15, 0.2) is 0 Å². The van der Waals surface area contributed by atoms with E-state index in [-0.39, 0.29) is 0 Å². The summed E-state index contributed by atoms with van der Waals surface area (Å²) >= 11 is 0. The Morgan fingerprint density at radius 3 is 2.87 bits per heavy atom. The lowest BCUT2D eigenvalue weighted by Gasteiger charge is -1.99. The van der Waals surface area contributed by atoms with E-state index in [0.717, 1.165) is 17.9 Å². The summed E-state index contributed by atoms with van der Waals surface area (Å²) in [5.41, 5.74) is 4.56. The highest BCUT2D eigenvalue weighted by Gasteiger charge is 2.04. The molecule has 1 aromatic heterocycles. The molecule has 3 nitrogen and oxygen atoms in total. The van der Waals surface area contributed by atoms with Gasteiger partial charge in [0.25, 0.3) is 0 Å². The third-order valence-electron chi connectivity index (χ3n) is 2.42. The summed E-state index contributed by atoms with van der Waals surface area (Å²) in [5, 5.41) is 10.4. The van der Waals surface area contributed by atoms with E-state index in [1.54, 1.807) is 0 Å². The number of aromatic amines is 1. The Kier molecular flexibility index (Phi) is 2.83. The number of nitrogens with one attached hydrogen (secondary N) is 2. The van der Waals surface area contributed by atoms with Crippen LogP contribution in [0.2, 0.25) is 0 Å². The number of hydrogen-bond donors (Lipinski definition) is 2. The number of nitrogens with zero attached hydrogens (tertiary/aromatic N) is 1. The standard InChI is InChI=1S/C12H15N3/c1-9-5-3-4-6-11(9)12-7-10(8-13-2)14-15-12/h3-7,13H,8H2,1-2H3,(H,14,15). The minimum Gasteiger partial charge on any atom is -0.314 e. The molecule has 2 N–H and O–H groups in total. The first-order chi connectivity index (χ1) is 7.31. The normalized spacial score (nSPS) is 10.5. The van der Waals surface area contributed by atoms with Crippen molar-refractivity contribution < 1.29 is 0 Å². The van der Waals surface area contributed by atoms with E-state index >= 15 is 0 Å². The smallest absolute Gasteiger partial charge is 0.0926 e. The van der Waals surface area contributed by atoms with Gasteiger partial charge in [0.2, 0.25) is 0 Å². The molecule has 2 aromatic rings. The van der Waals surface area contributed by atoms with Gasteiger partial charge in [-0.3, -0.25) is 5.10 Å². The molecule has 0 aliphatic carbocycles. The van der Waals surface area contributed by atoms with Crippen LogP contribution in [0, 0.1) is 6.92 Å². The van der Waals surface area contributed by atoms with Crippen LogP contribution in [-0.2, 0) is 6.54 Å². The minimum absolute atomic E-state index is 0.818. The molecule has 0 aliphatic rings. The molecule has 1 heterocycles. The van der Waals surface area contributed by atoms with Gasteiger partial charge in [0, 0.05) is 17.8 Å². The molecule has 0 saturated carbocycles. The quantitative estimate of drug-likeness (QED) is 0.798. The Balaban J connectivity index is 2.33. The highest BCUT2D eigenvalue weighted by Crippen LogP contribution is 2.21. The third kappa shape index (κ3) is 2.07. The second-order valence-corrected chi connectivity index (χ2v) is 3.62. The fourth-order valence-electron chi connectivity index (χ4n) is 1.64. The summed E-state index contributed by atoms with van der Waals surface area (Å²) in [7, 11) is 1.92. The monoisotopic (exact) mass is 201 g/mol. The third-order valence-corrected chi connectivity index (χ3v) is 2.42. The van der Waals surface area contributed by atoms with Crippen molar-refractivity contribution in [3.05, 3.63) is 41.6 Å². The lowest BCUT2D eigenvalue weighted by molar-refractivity contribution is 0.784. The van der Waals surface area contributed by atoms with E-state index in [1.807, 2.05) is 19.2 Å². The van der Waals surface area contributed by atoms with Crippen LogP contribution in [0.1, 0.15) is 11.3 Å². The van der Waals surface area contributed by atoms with Gasteiger partial charge < -0.3 is 5.32 Å². The van der Waals surface area contributed by atoms with Crippen molar-refractivity contribution in [3.63, 3.8) is 0 Å². The molecule has 0 saturated heterocycles. The van der Waals surface area contributed by atoms with Crippen LogP contribution in [0.4, 0.5) is 0 Å². The van der Waals surface area contributed by atoms with Crippen molar-refractivity contribution in [2.45, 2.75) is 13.5 Å². The average Bonchev–Trinajstić information content (AvgIpc) is 2.68. The molecule has 0 amide bonds. The van der Waals surface area contributed by atoms with E-state index in [2.05, 4.69) is 40.6 Å². The van der Waals surface area contributed by atoms with E-state index in [0.29, 0.717) is 0 Å². The second kappa shape index (κ2) is 4.28. The van der Waals surface area contributed by atoms with Gasteiger partial charge in [-0.15, -0.1) is 0 Å². The highest BCUT2D eigenvalue weighted by molar-refractivity contribution is 5.63. The molecule has 1 aromatic carbocycles. The van der Waals surface area contributed by atoms with Gasteiger partial charge in [-0.2, -0.15) is 5.10 Å². The van der Waals surface area contributed by atoms with E-state index in [9.17, 15) is 0 Å². The Morgan fingerprint density at radius 2 is 2.13 bits per heavy atom. The summed E-state index contributed by atoms with van der Waals surface area (Å²) in [4.78, 5) is 0. The summed E-state index contributed by atoms with van der Waals surface area (Å²) in [6.07, 6.45) is 0. The number of rotatable bonds is 3. The lowest BCUT2D eigenvalue weighted by Crippen LogP contribution is -2.04. The Labute approximate surface area is 89.5 Å². The lowest BCUT2D eigenvalue weighted by atomic mass is 10.1. The first-order valence-electron chi connectivity index (χ1n) is 5.06. The van der Waals surface area contributed by atoms with E-state index in [4.69, 9.17) is 0 Å². The molecular formula is C12H15N3. The van der Waals surface area contributed by atoms with E-state index < -0.39 is 0 Å². The molecule has 2 rings (SSSR count). The molecule has 78 valence electrons. The van der Waals surface area contributed by atoms with Gasteiger partial charge in [-0.05, 0) is 25.6 Å². The molecule has 15 heavy (non-hydrogen) atoms. The number of benzene rings is 1. The fraction of sp³-hybridized carbons (Fsp3) is 0.250. The number of H-pyrrole nitrogens is 1. The van der Waals surface area contributed by atoms with Crippen LogP contribution in [0.5, 0.6) is 0 Å². The maximum atomic E-state index is 4.30. The largest absolute Gasteiger partial charge is 0.314 e. The molecule has 0 aliphatic heterocycles. The van der Waals surface area contributed by atoms with Crippen LogP contribution in [-0.4, -0.2) is 17.2 Å². The maximum absolute atomic E-state index is 4.30. The zero-order chi connectivity index (χ0) is 10.7. The molecule has 0 bridgehead atoms. The topological polar surface area (TPSA) is 40.7 Å². The average molecular weight is 201 g/mol. The molecular weight excluding hydrogens is 186 g/mol. The number of aryl methyl sites for hydroxylation is 1. The van der Waals surface area contributed by atoms with E-state index in [1.165, 1.54) is 11.1 Å². The van der Waals surface area contributed by atoms with Gasteiger partial charge >= 0.3 is 0 Å². The highest BCUT2D eigenvalue weighted by atomic mass is 15.1. The van der Waals surface area contributed by atoms with Crippen LogP contribution in [0.15, 0.2) is 30.3 Å². The summed E-state index contributed by atoms with van der Waals surface area (Å²) < 4.78 is 0. The van der Waals surface area contributed by atoms with Crippen molar-refractivity contribution >= 4 is 0 Å². The predicted molar refractivity (Wildman–Crippen MR) is 61.5 cm³/mol. The zero-order valence-corrected chi connectivity index (χ0v) is 9.04. The minimum atomic E-state index is 0.818. The fourth-order valence-corrected chi connectivity index (χ4v) is 1.64. The maximum Gasteiger partial charge on any atom is 0.0926 e. The van der Waals surface area contributed by atoms with Gasteiger partial charge in [0.05, 0.1) is 5.69 Å². The van der Waals surface area contributed by atoms with Crippen LogP contribution in [0.25, 0.3) is 11.3 Å². The molecule has 0 unspecified atom stereocenters. The first-order valence-corrected chi connectivity index (χ1v) is 5.06. The van der Waals surface area contributed by atoms with Crippen molar-refractivity contribution in [3.8, 4) is 11.3 Å². The Hall–Kier alpha value is -1.61. The van der Waals surface area contributed by atoms with Crippen LogP contribution < -0.4 is 5.32 Å². The van der Waals surface area contributed by atoms with Crippen LogP contribution in [0.3, 0.4) is 0 Å². The van der Waals surface area contributed by atoms with Gasteiger partial charge in [-0.1, -0.05) is 24.3 Å². The Morgan fingerprint density at radius 1 is 1.33 bits per heavy atom. The first kappa shape index (κ1) is 9.93. The summed E-state index contributed by atoms with van der Waals surface area (Å²) in [5.74, 6) is 0. The molecule has 0 radical (unpaired) electrons. The van der Waals surface area contributed by atoms with Crippen molar-refractivity contribution in [2.24, 2.45) is 0 Å². The van der Waals surface area contributed by atoms with Crippen molar-refractivity contribution in [1.82, 2.24) is 15.5 Å².